The molecule has 2 aliphatic rings. The van der Waals surface area contributed by atoms with E-state index >= 15 is 0 Å². The van der Waals surface area contributed by atoms with Crippen molar-refractivity contribution in [2.75, 3.05) is 6.54 Å². The molecule has 1 aromatic rings. The first-order chi connectivity index (χ1) is 8.38. The number of hydrogen-bond acceptors (Lipinski definition) is 2. The van der Waals surface area contributed by atoms with E-state index in [-0.39, 0.29) is 0 Å². The topological polar surface area (TPSA) is 20.3 Å². The van der Waals surface area contributed by atoms with Crippen molar-refractivity contribution in [1.29, 1.82) is 0 Å². The molecule has 90 valence electrons. The summed E-state index contributed by atoms with van der Waals surface area (Å²) < 4.78 is 0. The SMILES string of the molecule is O=Cc1ccc(C2CCC3CCCCN32)cc1. The van der Waals surface area contributed by atoms with Crippen molar-refractivity contribution in [3.05, 3.63) is 35.4 Å². The molecule has 2 nitrogen and oxygen atoms in total. The van der Waals surface area contributed by atoms with Gasteiger partial charge in [-0.3, -0.25) is 9.69 Å². The van der Waals surface area contributed by atoms with Crippen LogP contribution in [0.15, 0.2) is 24.3 Å². The third kappa shape index (κ3) is 2.02. The van der Waals surface area contributed by atoms with Gasteiger partial charge in [0.2, 0.25) is 0 Å². The van der Waals surface area contributed by atoms with Crippen molar-refractivity contribution in [2.24, 2.45) is 0 Å². The Morgan fingerprint density at radius 2 is 1.88 bits per heavy atom. The quantitative estimate of drug-likeness (QED) is 0.726. The average Bonchev–Trinajstić information content (AvgIpc) is 2.83. The summed E-state index contributed by atoms with van der Waals surface area (Å²) in [5.74, 6) is 0. The van der Waals surface area contributed by atoms with Crippen LogP contribution < -0.4 is 0 Å². The third-order valence-electron chi connectivity index (χ3n) is 4.30. The second-order valence-electron chi connectivity index (χ2n) is 5.27. The van der Waals surface area contributed by atoms with Gasteiger partial charge in [0.1, 0.15) is 6.29 Å². The van der Waals surface area contributed by atoms with Crippen LogP contribution in [-0.2, 0) is 0 Å². The molecule has 2 unspecified atom stereocenters. The van der Waals surface area contributed by atoms with Crippen LogP contribution in [0.3, 0.4) is 0 Å². The zero-order valence-electron chi connectivity index (χ0n) is 10.1. The molecule has 0 N–H and O–H groups in total. The first-order valence-corrected chi connectivity index (χ1v) is 6.69. The molecule has 2 aliphatic heterocycles. The molecule has 2 atom stereocenters. The van der Waals surface area contributed by atoms with Gasteiger partial charge < -0.3 is 0 Å². The Morgan fingerprint density at radius 1 is 1.06 bits per heavy atom. The lowest BCUT2D eigenvalue weighted by Gasteiger charge is -2.34. The fourth-order valence-electron chi connectivity index (χ4n) is 3.41. The molecular weight excluding hydrogens is 210 g/mol. The summed E-state index contributed by atoms with van der Waals surface area (Å²) in [4.78, 5) is 13.3. The molecule has 0 radical (unpaired) electrons. The number of hydrogen-bond donors (Lipinski definition) is 0. The van der Waals surface area contributed by atoms with E-state index < -0.39 is 0 Å². The minimum absolute atomic E-state index is 0.598. The Kier molecular flexibility index (Phi) is 2.98. The summed E-state index contributed by atoms with van der Waals surface area (Å²) >= 11 is 0. The fraction of sp³-hybridized carbons (Fsp3) is 0.533. The molecule has 17 heavy (non-hydrogen) atoms. The number of aldehydes is 1. The number of benzene rings is 1. The lowest BCUT2D eigenvalue weighted by atomic mass is 10.0. The van der Waals surface area contributed by atoms with Crippen molar-refractivity contribution >= 4 is 6.29 Å². The molecule has 0 aliphatic carbocycles. The van der Waals surface area contributed by atoms with Gasteiger partial charge in [-0.05, 0) is 37.8 Å². The lowest BCUT2D eigenvalue weighted by molar-refractivity contribution is 0.112. The molecule has 2 fully saturated rings. The maximum absolute atomic E-state index is 10.7. The normalized spacial score (nSPS) is 28.9. The van der Waals surface area contributed by atoms with E-state index in [2.05, 4.69) is 17.0 Å². The highest BCUT2D eigenvalue weighted by Crippen LogP contribution is 2.40. The molecule has 0 spiro atoms. The van der Waals surface area contributed by atoms with Crippen LogP contribution >= 0.6 is 0 Å². The fourth-order valence-corrected chi connectivity index (χ4v) is 3.41. The van der Waals surface area contributed by atoms with Crippen molar-refractivity contribution in [1.82, 2.24) is 4.90 Å². The van der Waals surface area contributed by atoms with Crippen molar-refractivity contribution in [2.45, 2.75) is 44.2 Å². The Labute approximate surface area is 103 Å². The van der Waals surface area contributed by atoms with Crippen molar-refractivity contribution in [3.63, 3.8) is 0 Å². The second kappa shape index (κ2) is 4.61. The molecule has 1 aromatic carbocycles. The van der Waals surface area contributed by atoms with Gasteiger partial charge in [-0.2, -0.15) is 0 Å². The summed E-state index contributed by atoms with van der Waals surface area (Å²) in [6.07, 6.45) is 7.67. The van der Waals surface area contributed by atoms with Crippen molar-refractivity contribution < 1.29 is 4.79 Å². The molecule has 0 aromatic heterocycles. The van der Waals surface area contributed by atoms with Gasteiger partial charge >= 0.3 is 0 Å². The number of carbonyl (C=O) groups excluding carboxylic acids is 1. The number of rotatable bonds is 2. The van der Waals surface area contributed by atoms with Gasteiger partial charge in [0.25, 0.3) is 0 Å². The summed E-state index contributed by atoms with van der Waals surface area (Å²) in [5, 5.41) is 0. The van der Waals surface area contributed by atoms with E-state index in [9.17, 15) is 4.79 Å². The third-order valence-corrected chi connectivity index (χ3v) is 4.30. The Balaban J connectivity index is 1.81. The standard InChI is InChI=1S/C15H19NO/c17-11-12-4-6-13(7-5-12)15-9-8-14-3-1-2-10-16(14)15/h4-7,11,14-15H,1-3,8-10H2. The predicted octanol–water partition coefficient (Wildman–Crippen LogP) is 3.19. The van der Waals surface area contributed by atoms with E-state index in [1.807, 2.05) is 12.1 Å². The predicted molar refractivity (Wildman–Crippen MR) is 68.1 cm³/mol. The van der Waals surface area contributed by atoms with Gasteiger partial charge in [-0.25, -0.2) is 0 Å². The molecule has 2 saturated heterocycles. The van der Waals surface area contributed by atoms with Crippen LogP contribution in [0.4, 0.5) is 0 Å². The zero-order valence-corrected chi connectivity index (χ0v) is 10.1. The summed E-state index contributed by atoms with van der Waals surface area (Å²) in [6.45, 7) is 1.25. The minimum atomic E-state index is 0.598. The van der Waals surface area contributed by atoms with Crippen molar-refractivity contribution in [3.8, 4) is 0 Å². The Hall–Kier alpha value is -1.15. The molecule has 2 heteroatoms. The number of piperidine rings is 1. The number of carbonyl (C=O) groups is 1. The van der Waals surface area contributed by atoms with Gasteiger partial charge in [-0.15, -0.1) is 0 Å². The lowest BCUT2D eigenvalue weighted by Crippen LogP contribution is -2.35. The number of fused-ring (bicyclic) bond motifs is 1. The first kappa shape index (κ1) is 11.0. The molecular formula is C15H19NO. The van der Waals surface area contributed by atoms with Gasteiger partial charge in [-0.1, -0.05) is 30.7 Å². The summed E-state index contributed by atoms with van der Waals surface area (Å²) in [6, 6.07) is 9.57. The second-order valence-corrected chi connectivity index (χ2v) is 5.27. The Morgan fingerprint density at radius 3 is 2.65 bits per heavy atom. The summed E-state index contributed by atoms with van der Waals surface area (Å²) in [5.41, 5.74) is 2.17. The number of nitrogens with zero attached hydrogens (tertiary/aromatic N) is 1. The van der Waals surface area contributed by atoms with E-state index in [1.54, 1.807) is 0 Å². The molecule has 0 bridgehead atoms. The van der Waals surface area contributed by atoms with E-state index in [4.69, 9.17) is 0 Å². The minimum Gasteiger partial charge on any atom is -0.298 e. The van der Waals surface area contributed by atoms with Crippen LogP contribution in [0, 0.1) is 0 Å². The monoisotopic (exact) mass is 229 g/mol. The van der Waals surface area contributed by atoms with Crippen LogP contribution in [-0.4, -0.2) is 23.8 Å². The van der Waals surface area contributed by atoms with Crippen LogP contribution in [0.2, 0.25) is 0 Å². The first-order valence-electron chi connectivity index (χ1n) is 6.69. The van der Waals surface area contributed by atoms with Gasteiger partial charge in [0.05, 0.1) is 0 Å². The highest BCUT2D eigenvalue weighted by atomic mass is 16.1. The average molecular weight is 229 g/mol. The van der Waals surface area contributed by atoms with E-state index in [0.29, 0.717) is 6.04 Å². The molecule has 3 rings (SSSR count). The molecule has 2 heterocycles. The Bertz CT molecular complexity index is 398. The van der Waals surface area contributed by atoms with Crippen LogP contribution in [0.25, 0.3) is 0 Å². The molecule has 0 saturated carbocycles. The maximum Gasteiger partial charge on any atom is 0.150 e. The van der Waals surface area contributed by atoms with E-state index in [1.165, 1.54) is 44.2 Å². The van der Waals surface area contributed by atoms with E-state index in [0.717, 1.165) is 17.9 Å². The maximum atomic E-state index is 10.7. The van der Waals surface area contributed by atoms with Crippen LogP contribution in [0.1, 0.15) is 54.1 Å². The van der Waals surface area contributed by atoms with Crippen LogP contribution in [0.5, 0.6) is 0 Å². The van der Waals surface area contributed by atoms with Gasteiger partial charge in [0, 0.05) is 17.6 Å². The largest absolute Gasteiger partial charge is 0.298 e. The highest BCUT2D eigenvalue weighted by Gasteiger charge is 2.35. The summed E-state index contributed by atoms with van der Waals surface area (Å²) in [7, 11) is 0. The highest BCUT2D eigenvalue weighted by molar-refractivity contribution is 5.74. The smallest absolute Gasteiger partial charge is 0.150 e. The molecule has 0 amide bonds. The zero-order chi connectivity index (χ0) is 11.7. The van der Waals surface area contributed by atoms with Gasteiger partial charge in [0.15, 0.2) is 0 Å².